The molecule has 25 heavy (non-hydrogen) atoms. The van der Waals surface area contributed by atoms with Crippen LogP contribution in [-0.2, 0) is 0 Å². The van der Waals surface area contributed by atoms with Crippen LogP contribution in [0.15, 0.2) is 27.8 Å². The Labute approximate surface area is 145 Å². The van der Waals surface area contributed by atoms with Crippen molar-refractivity contribution in [3.05, 3.63) is 72.2 Å². The summed E-state index contributed by atoms with van der Waals surface area (Å²) in [5.74, 6) is -0.297. The molecule has 0 spiro atoms. The van der Waals surface area contributed by atoms with Gasteiger partial charge < -0.3 is 0 Å². The second-order valence-electron chi connectivity index (χ2n) is 5.95. The highest BCUT2D eigenvalue weighted by Gasteiger charge is 2.18. The van der Waals surface area contributed by atoms with Gasteiger partial charge >= 0.3 is 0 Å². The van der Waals surface area contributed by atoms with E-state index in [4.69, 9.17) is 0 Å². The second-order valence-corrected chi connectivity index (χ2v) is 7.01. The predicted molar refractivity (Wildman–Crippen MR) is 97.3 cm³/mol. The quantitative estimate of drug-likeness (QED) is 0.555. The number of rotatable bonds is 2. The van der Waals surface area contributed by atoms with Crippen molar-refractivity contribution < 1.29 is 4.39 Å². The van der Waals surface area contributed by atoms with Crippen LogP contribution in [0.25, 0.3) is 22.4 Å². The van der Waals surface area contributed by atoms with E-state index >= 15 is 0 Å². The molecule has 0 unspecified atom stereocenters. The van der Waals surface area contributed by atoms with Gasteiger partial charge in [0.1, 0.15) is 10.8 Å². The molecule has 0 N–H and O–H groups in total. The first-order valence-corrected chi connectivity index (χ1v) is 8.51. The highest BCUT2D eigenvalue weighted by molar-refractivity contribution is 7.19. The molecule has 0 aliphatic heterocycles. The summed E-state index contributed by atoms with van der Waals surface area (Å²) in [6.45, 7) is 5.22. The molecule has 0 bridgehead atoms. The van der Waals surface area contributed by atoms with Crippen LogP contribution in [0.1, 0.15) is 27.5 Å². The van der Waals surface area contributed by atoms with Crippen molar-refractivity contribution in [3.63, 3.8) is 0 Å². The molecule has 0 radical (unpaired) electrons. The Hall–Kier alpha value is -2.80. The van der Waals surface area contributed by atoms with Crippen LogP contribution in [-0.4, -0.2) is 14.0 Å². The summed E-state index contributed by atoms with van der Waals surface area (Å²) < 4.78 is 16.9. The first-order valence-electron chi connectivity index (χ1n) is 7.70. The van der Waals surface area contributed by atoms with Crippen LogP contribution >= 0.6 is 11.3 Å². The smallest absolute Gasteiger partial charge is 0.267 e. The van der Waals surface area contributed by atoms with E-state index in [1.165, 1.54) is 23.5 Å². The van der Waals surface area contributed by atoms with Crippen LogP contribution in [0.3, 0.4) is 0 Å². The number of benzene rings is 1. The zero-order valence-corrected chi connectivity index (χ0v) is 14.6. The van der Waals surface area contributed by atoms with E-state index in [2.05, 4.69) is 4.98 Å². The number of fused-ring (bicyclic) bond motifs is 2. The fraction of sp³-hybridized carbons (Fsp3) is 0.167. The fourth-order valence-electron chi connectivity index (χ4n) is 2.95. The molecule has 0 atom stereocenters. The molecular weight excluding hydrogens is 341 g/mol. The van der Waals surface area contributed by atoms with E-state index in [0.29, 0.717) is 21.8 Å². The Bertz CT molecular complexity index is 1280. The summed E-state index contributed by atoms with van der Waals surface area (Å²) >= 11 is 1.37. The summed E-state index contributed by atoms with van der Waals surface area (Å²) in [7, 11) is 0. The van der Waals surface area contributed by atoms with Crippen molar-refractivity contribution >= 4 is 33.7 Å². The van der Waals surface area contributed by atoms with E-state index in [-0.39, 0.29) is 16.9 Å². The summed E-state index contributed by atoms with van der Waals surface area (Å²) in [5.41, 5.74) is 2.57. The van der Waals surface area contributed by atoms with Gasteiger partial charge in [0.15, 0.2) is 0 Å². The standard InChI is InChI=1S/C18H14FN3O2S/c1-9-11(3)21-14(10(2)18(24)22(21)17(9)23)6-7-16-20-13-5-4-12(19)8-15(13)25-16/h4-8H,1-3H3/b7-6+. The van der Waals surface area contributed by atoms with Crippen molar-refractivity contribution in [2.45, 2.75) is 20.8 Å². The van der Waals surface area contributed by atoms with Crippen molar-refractivity contribution in [2.24, 2.45) is 0 Å². The normalized spacial score (nSPS) is 12.2. The topological polar surface area (TPSA) is 55.9 Å². The van der Waals surface area contributed by atoms with E-state index in [1.54, 1.807) is 36.6 Å². The Kier molecular flexibility index (Phi) is 3.36. The molecule has 126 valence electrons. The predicted octanol–water partition coefficient (Wildman–Crippen LogP) is 3.04. The summed E-state index contributed by atoms with van der Waals surface area (Å²) in [6.07, 6.45) is 3.56. The first-order chi connectivity index (χ1) is 11.9. The van der Waals surface area contributed by atoms with Gasteiger partial charge in [0.25, 0.3) is 11.1 Å². The van der Waals surface area contributed by atoms with Crippen molar-refractivity contribution in [3.8, 4) is 0 Å². The summed E-state index contributed by atoms with van der Waals surface area (Å²) in [6, 6.07) is 4.47. The van der Waals surface area contributed by atoms with E-state index in [0.717, 1.165) is 20.4 Å². The monoisotopic (exact) mass is 355 g/mol. The zero-order valence-electron chi connectivity index (χ0n) is 13.8. The molecular formula is C18H14FN3O2S. The largest absolute Gasteiger partial charge is 0.278 e. The highest BCUT2D eigenvalue weighted by atomic mass is 32.1. The van der Waals surface area contributed by atoms with E-state index in [9.17, 15) is 14.0 Å². The van der Waals surface area contributed by atoms with Gasteiger partial charge in [0.2, 0.25) is 0 Å². The number of nitrogens with zero attached hydrogens (tertiary/aromatic N) is 3. The minimum Gasteiger partial charge on any atom is -0.267 e. The molecule has 0 amide bonds. The molecule has 5 nitrogen and oxygen atoms in total. The number of aryl methyl sites for hydroxylation is 1. The van der Waals surface area contributed by atoms with Gasteiger partial charge in [0, 0.05) is 16.8 Å². The van der Waals surface area contributed by atoms with Crippen molar-refractivity contribution in [2.75, 3.05) is 0 Å². The molecule has 7 heteroatoms. The second kappa shape index (κ2) is 5.35. The van der Waals surface area contributed by atoms with Crippen LogP contribution < -0.4 is 11.1 Å². The number of halogens is 1. The molecule has 0 saturated heterocycles. The Balaban J connectivity index is 1.88. The Morgan fingerprint density at radius 1 is 1.04 bits per heavy atom. The molecule has 0 aliphatic carbocycles. The summed E-state index contributed by atoms with van der Waals surface area (Å²) in [5, 5.41) is 0.704. The molecule has 3 aromatic heterocycles. The maximum Gasteiger partial charge on any atom is 0.278 e. The van der Waals surface area contributed by atoms with Crippen LogP contribution in [0.4, 0.5) is 4.39 Å². The van der Waals surface area contributed by atoms with Gasteiger partial charge in [-0.1, -0.05) is 0 Å². The summed E-state index contributed by atoms with van der Waals surface area (Å²) in [4.78, 5) is 29.0. The van der Waals surface area contributed by atoms with Crippen LogP contribution in [0.5, 0.6) is 0 Å². The molecule has 0 fully saturated rings. The number of aromatic nitrogens is 3. The lowest BCUT2D eigenvalue weighted by Gasteiger charge is -1.97. The van der Waals surface area contributed by atoms with Gasteiger partial charge in [-0.05, 0) is 51.1 Å². The highest BCUT2D eigenvalue weighted by Crippen LogP contribution is 2.24. The number of hydrogen-bond donors (Lipinski definition) is 0. The van der Waals surface area contributed by atoms with Crippen LogP contribution in [0, 0.1) is 26.6 Å². The third-order valence-electron chi connectivity index (χ3n) is 4.45. The maximum atomic E-state index is 13.3. The lowest BCUT2D eigenvalue weighted by molar-refractivity contribution is 0.630. The molecule has 0 aliphatic rings. The minimum atomic E-state index is -0.313. The SMILES string of the molecule is Cc1c(C)n2c(/C=C/c3nc4ccc(F)cc4s3)c(C)c(=O)n2c1=O. The molecule has 4 aromatic rings. The maximum absolute atomic E-state index is 13.3. The zero-order chi connectivity index (χ0) is 17.9. The minimum absolute atomic E-state index is 0.291. The van der Waals surface area contributed by atoms with Gasteiger partial charge in [-0.2, -0.15) is 4.52 Å². The van der Waals surface area contributed by atoms with Crippen molar-refractivity contribution in [1.82, 2.24) is 14.0 Å². The molecule has 4 rings (SSSR count). The Morgan fingerprint density at radius 2 is 1.76 bits per heavy atom. The average molecular weight is 355 g/mol. The van der Waals surface area contributed by atoms with Crippen molar-refractivity contribution in [1.29, 1.82) is 0 Å². The Morgan fingerprint density at radius 3 is 2.52 bits per heavy atom. The van der Waals surface area contributed by atoms with E-state index < -0.39 is 0 Å². The van der Waals surface area contributed by atoms with Gasteiger partial charge in [-0.25, -0.2) is 13.9 Å². The fourth-order valence-corrected chi connectivity index (χ4v) is 3.84. The third-order valence-corrected chi connectivity index (χ3v) is 5.43. The molecule has 0 saturated carbocycles. The van der Waals surface area contributed by atoms with Gasteiger partial charge in [-0.3, -0.25) is 9.59 Å². The van der Waals surface area contributed by atoms with E-state index in [1.807, 2.05) is 6.92 Å². The van der Waals surface area contributed by atoms with Crippen LogP contribution in [0.2, 0.25) is 0 Å². The average Bonchev–Trinajstić information content (AvgIpc) is 3.16. The van der Waals surface area contributed by atoms with Gasteiger partial charge in [0.05, 0.1) is 15.9 Å². The lowest BCUT2D eigenvalue weighted by atomic mass is 10.2. The number of hydrogen-bond acceptors (Lipinski definition) is 4. The lowest BCUT2D eigenvalue weighted by Crippen LogP contribution is -2.23. The third kappa shape index (κ3) is 2.23. The molecule has 1 aromatic carbocycles. The number of thiazole rings is 1. The molecule has 3 heterocycles. The van der Waals surface area contributed by atoms with Gasteiger partial charge in [-0.15, -0.1) is 11.3 Å². The first kappa shape index (κ1) is 15.7.